The third-order valence-electron chi connectivity index (χ3n) is 5.70. The molecule has 0 N–H and O–H groups in total. The fraction of sp³-hybridized carbons (Fsp3) is 0.364. The molecule has 0 saturated carbocycles. The molecule has 0 bridgehead atoms. The smallest absolute Gasteiger partial charge is 0.327 e. The van der Waals surface area contributed by atoms with Crippen LogP contribution in [-0.4, -0.2) is 69.7 Å². The number of benzene rings is 1. The van der Waals surface area contributed by atoms with E-state index >= 15 is 0 Å². The summed E-state index contributed by atoms with van der Waals surface area (Å²) in [6.07, 6.45) is 1.60. The van der Waals surface area contributed by atoms with Crippen LogP contribution in [0.2, 0.25) is 5.02 Å². The molecule has 3 heterocycles. The number of hydrogen-bond acceptors (Lipinski definition) is 6. The molecule has 1 aromatic carbocycles. The zero-order chi connectivity index (χ0) is 22.1. The first-order chi connectivity index (χ1) is 14.9. The summed E-state index contributed by atoms with van der Waals surface area (Å²) in [6.45, 7) is 3.93. The molecule has 1 fully saturated rings. The number of halogens is 1. The van der Waals surface area contributed by atoms with Crippen LogP contribution in [0.25, 0.3) is 11.0 Å². The second-order valence-corrected chi connectivity index (χ2v) is 7.99. The maximum absolute atomic E-state index is 13.1. The molecule has 2 aromatic heterocycles. The van der Waals surface area contributed by atoms with Crippen LogP contribution in [0, 0.1) is 6.92 Å². The summed E-state index contributed by atoms with van der Waals surface area (Å²) in [6, 6.07) is 8.51. The van der Waals surface area contributed by atoms with Gasteiger partial charge in [-0.1, -0.05) is 29.8 Å². The standard InChI is InChI=1S/C22H24ClN5O3/c1-14-17-12-15(13-24-20(17)26(2)25-14)21(29)28-10-8-27(9-11-28)19(22(30)31-3)16-6-4-5-7-18(16)23/h4-7,12-13,19H,8-11H2,1-3H3/t19-/m0/s1. The zero-order valence-electron chi connectivity index (χ0n) is 17.7. The van der Waals surface area contributed by atoms with Crippen LogP contribution in [0.1, 0.15) is 27.7 Å². The van der Waals surface area contributed by atoms with Crippen molar-refractivity contribution < 1.29 is 14.3 Å². The highest BCUT2D eigenvalue weighted by Gasteiger charge is 2.33. The summed E-state index contributed by atoms with van der Waals surface area (Å²) < 4.78 is 6.74. The molecule has 0 spiro atoms. The van der Waals surface area contributed by atoms with Crippen molar-refractivity contribution in [2.45, 2.75) is 13.0 Å². The minimum atomic E-state index is -0.605. The maximum atomic E-state index is 13.1. The van der Waals surface area contributed by atoms with Crippen LogP contribution in [0.3, 0.4) is 0 Å². The Morgan fingerprint density at radius 2 is 1.87 bits per heavy atom. The molecule has 4 rings (SSSR count). The summed E-state index contributed by atoms with van der Waals surface area (Å²) >= 11 is 6.35. The number of methoxy groups -OCH3 is 1. The van der Waals surface area contributed by atoms with Gasteiger partial charge < -0.3 is 9.64 Å². The number of aryl methyl sites for hydroxylation is 2. The minimum absolute atomic E-state index is 0.0790. The number of rotatable bonds is 4. The number of amides is 1. The summed E-state index contributed by atoms with van der Waals surface area (Å²) in [5.41, 5.74) is 2.83. The summed E-state index contributed by atoms with van der Waals surface area (Å²) in [4.78, 5) is 33.8. The Hall–Kier alpha value is -2.97. The molecule has 3 aromatic rings. The number of fused-ring (bicyclic) bond motifs is 1. The van der Waals surface area contributed by atoms with E-state index in [1.807, 2.05) is 43.1 Å². The number of carbonyl (C=O) groups is 2. The van der Waals surface area contributed by atoms with Crippen LogP contribution in [-0.2, 0) is 16.6 Å². The Bertz CT molecular complexity index is 1140. The molecule has 0 unspecified atom stereocenters. The van der Waals surface area contributed by atoms with E-state index in [-0.39, 0.29) is 11.9 Å². The van der Waals surface area contributed by atoms with E-state index in [1.165, 1.54) is 7.11 Å². The van der Waals surface area contributed by atoms with Gasteiger partial charge in [-0.25, -0.2) is 9.78 Å². The lowest BCUT2D eigenvalue weighted by Crippen LogP contribution is -2.51. The van der Waals surface area contributed by atoms with E-state index in [9.17, 15) is 9.59 Å². The topological polar surface area (TPSA) is 80.6 Å². The molecule has 1 atom stereocenters. The van der Waals surface area contributed by atoms with Gasteiger partial charge in [0.05, 0.1) is 18.4 Å². The largest absolute Gasteiger partial charge is 0.468 e. The quantitative estimate of drug-likeness (QED) is 0.579. The van der Waals surface area contributed by atoms with E-state index in [2.05, 4.69) is 10.1 Å². The average Bonchev–Trinajstić information content (AvgIpc) is 3.08. The Morgan fingerprint density at radius 3 is 2.55 bits per heavy atom. The van der Waals surface area contributed by atoms with Crippen molar-refractivity contribution in [3.63, 3.8) is 0 Å². The molecule has 1 amide bonds. The molecular formula is C22H24ClN5O3. The van der Waals surface area contributed by atoms with Gasteiger partial charge in [0.2, 0.25) is 0 Å². The number of nitrogens with zero attached hydrogens (tertiary/aromatic N) is 5. The van der Waals surface area contributed by atoms with Gasteiger partial charge in [-0.15, -0.1) is 0 Å². The van der Waals surface area contributed by atoms with Crippen molar-refractivity contribution in [2.75, 3.05) is 33.3 Å². The van der Waals surface area contributed by atoms with Gasteiger partial charge in [0, 0.05) is 49.8 Å². The maximum Gasteiger partial charge on any atom is 0.327 e. The van der Waals surface area contributed by atoms with Crippen LogP contribution < -0.4 is 0 Å². The Balaban J connectivity index is 1.51. The lowest BCUT2D eigenvalue weighted by Gasteiger charge is -2.38. The summed E-state index contributed by atoms with van der Waals surface area (Å²) in [7, 11) is 3.20. The number of piperazine rings is 1. The fourth-order valence-electron chi connectivity index (χ4n) is 4.07. The molecule has 0 radical (unpaired) electrons. The number of hydrogen-bond donors (Lipinski definition) is 0. The van der Waals surface area contributed by atoms with Gasteiger partial charge in [0.25, 0.3) is 5.91 Å². The van der Waals surface area contributed by atoms with Crippen molar-refractivity contribution in [3.05, 3.63) is 58.4 Å². The van der Waals surface area contributed by atoms with Gasteiger partial charge in [0.1, 0.15) is 6.04 Å². The number of pyridine rings is 1. The van der Waals surface area contributed by atoms with Crippen molar-refractivity contribution in [2.24, 2.45) is 7.05 Å². The molecule has 1 saturated heterocycles. The summed E-state index contributed by atoms with van der Waals surface area (Å²) in [5.74, 6) is -0.445. The first-order valence-corrected chi connectivity index (χ1v) is 10.4. The third kappa shape index (κ3) is 4.00. The fourth-order valence-corrected chi connectivity index (χ4v) is 4.31. The Labute approximate surface area is 185 Å². The third-order valence-corrected chi connectivity index (χ3v) is 6.05. The van der Waals surface area contributed by atoms with Crippen LogP contribution in [0.15, 0.2) is 36.5 Å². The molecule has 9 heteroatoms. The Kier molecular flexibility index (Phi) is 5.93. The SMILES string of the molecule is COC(=O)[C@H](c1ccccc1Cl)N1CCN(C(=O)c2cnc3c(c2)c(C)nn3C)CC1. The highest BCUT2D eigenvalue weighted by atomic mass is 35.5. The number of esters is 1. The van der Waals surface area contributed by atoms with E-state index < -0.39 is 6.04 Å². The highest BCUT2D eigenvalue weighted by Crippen LogP contribution is 2.29. The van der Waals surface area contributed by atoms with Crippen molar-refractivity contribution in [1.29, 1.82) is 0 Å². The van der Waals surface area contributed by atoms with Gasteiger partial charge in [-0.05, 0) is 24.6 Å². The van der Waals surface area contributed by atoms with Crippen LogP contribution in [0.5, 0.6) is 0 Å². The lowest BCUT2D eigenvalue weighted by molar-refractivity contribution is -0.148. The number of carbonyl (C=O) groups excluding carboxylic acids is 2. The van der Waals surface area contributed by atoms with E-state index in [0.29, 0.717) is 42.3 Å². The number of ether oxygens (including phenoxy) is 1. The predicted octanol–water partition coefficient (Wildman–Crippen LogP) is 2.60. The van der Waals surface area contributed by atoms with Gasteiger partial charge in [-0.2, -0.15) is 5.10 Å². The van der Waals surface area contributed by atoms with E-state index in [0.717, 1.165) is 16.7 Å². The van der Waals surface area contributed by atoms with Crippen LogP contribution >= 0.6 is 11.6 Å². The average molecular weight is 442 g/mol. The highest BCUT2D eigenvalue weighted by molar-refractivity contribution is 6.31. The zero-order valence-corrected chi connectivity index (χ0v) is 18.5. The van der Waals surface area contributed by atoms with E-state index in [4.69, 9.17) is 16.3 Å². The first kappa shape index (κ1) is 21.3. The molecule has 31 heavy (non-hydrogen) atoms. The van der Waals surface area contributed by atoms with Crippen LogP contribution in [0.4, 0.5) is 0 Å². The lowest BCUT2D eigenvalue weighted by atomic mass is 10.0. The molecule has 162 valence electrons. The minimum Gasteiger partial charge on any atom is -0.468 e. The normalized spacial score (nSPS) is 15.8. The first-order valence-electron chi connectivity index (χ1n) is 10.1. The monoisotopic (exact) mass is 441 g/mol. The molecular weight excluding hydrogens is 418 g/mol. The second-order valence-electron chi connectivity index (χ2n) is 7.58. The molecule has 1 aliphatic rings. The molecule has 8 nitrogen and oxygen atoms in total. The van der Waals surface area contributed by atoms with Gasteiger partial charge in [-0.3, -0.25) is 14.4 Å². The van der Waals surface area contributed by atoms with Crippen molar-refractivity contribution >= 4 is 34.5 Å². The molecule has 1 aliphatic heterocycles. The van der Waals surface area contributed by atoms with Gasteiger partial charge in [0.15, 0.2) is 5.65 Å². The second kappa shape index (κ2) is 8.64. The molecule has 0 aliphatic carbocycles. The summed E-state index contributed by atoms with van der Waals surface area (Å²) in [5, 5.41) is 5.75. The van der Waals surface area contributed by atoms with Gasteiger partial charge >= 0.3 is 5.97 Å². The van der Waals surface area contributed by atoms with Crippen molar-refractivity contribution in [3.8, 4) is 0 Å². The van der Waals surface area contributed by atoms with E-state index in [1.54, 1.807) is 21.8 Å². The number of aromatic nitrogens is 3. The Morgan fingerprint density at radius 1 is 1.16 bits per heavy atom. The van der Waals surface area contributed by atoms with Crippen molar-refractivity contribution in [1.82, 2.24) is 24.6 Å². The predicted molar refractivity (Wildman–Crippen MR) is 117 cm³/mol.